The van der Waals surface area contributed by atoms with Crippen LogP contribution in [0.4, 0.5) is 4.79 Å². The first-order valence-electron chi connectivity index (χ1n) is 4.46. The van der Waals surface area contributed by atoms with E-state index in [2.05, 4.69) is 10.1 Å². The molecule has 84 valence electrons. The molecule has 0 aromatic carbocycles. The van der Waals surface area contributed by atoms with Crippen LogP contribution < -0.4 is 26.5 Å². The summed E-state index contributed by atoms with van der Waals surface area (Å²) >= 11 is -0.456. The van der Waals surface area contributed by atoms with E-state index in [0.29, 0.717) is 10.5 Å². The maximum atomic E-state index is 11.3. The SMILES string of the molecule is COC(=O)[C@H](C)CNC(=O)[I-]C(C)C. The van der Waals surface area contributed by atoms with Crippen LogP contribution >= 0.6 is 0 Å². The van der Waals surface area contributed by atoms with Crippen LogP contribution in [0, 0.1) is 5.92 Å². The summed E-state index contributed by atoms with van der Waals surface area (Å²) < 4.78 is 5.08. The normalized spacial score (nSPS) is 12.6. The molecular weight excluding hydrogens is 297 g/mol. The molecule has 0 aliphatic heterocycles. The zero-order valence-corrected chi connectivity index (χ0v) is 11.1. The molecule has 0 heterocycles. The molecule has 0 unspecified atom stereocenters. The molecule has 0 aromatic heterocycles. The maximum absolute atomic E-state index is 11.3. The van der Waals surface area contributed by atoms with Gasteiger partial charge in [-0.05, 0) is 0 Å². The van der Waals surface area contributed by atoms with E-state index >= 15 is 0 Å². The Bertz CT molecular complexity index is 206. The van der Waals surface area contributed by atoms with Crippen LogP contribution in [0.5, 0.6) is 0 Å². The molecule has 14 heavy (non-hydrogen) atoms. The second kappa shape index (κ2) is 7.03. The van der Waals surface area contributed by atoms with Crippen molar-refractivity contribution in [3.8, 4) is 0 Å². The zero-order valence-electron chi connectivity index (χ0n) is 8.96. The van der Waals surface area contributed by atoms with Gasteiger partial charge >= 0.3 is 95.0 Å². The van der Waals surface area contributed by atoms with Crippen LogP contribution in [-0.2, 0) is 9.53 Å². The fraction of sp³-hybridized carbons (Fsp3) is 0.778. The predicted molar refractivity (Wildman–Crippen MR) is 49.7 cm³/mol. The summed E-state index contributed by atoms with van der Waals surface area (Å²) in [6.45, 7) is 6.16. The van der Waals surface area contributed by atoms with Crippen LogP contribution in [-0.4, -0.2) is 27.5 Å². The average Bonchev–Trinajstić information content (AvgIpc) is 2.11. The van der Waals surface area contributed by atoms with Gasteiger partial charge in [0, 0.05) is 0 Å². The molecule has 1 amide bonds. The van der Waals surface area contributed by atoms with Crippen molar-refractivity contribution in [3.63, 3.8) is 0 Å². The Morgan fingerprint density at radius 1 is 1.36 bits per heavy atom. The van der Waals surface area contributed by atoms with Crippen molar-refractivity contribution >= 4 is 9.88 Å². The van der Waals surface area contributed by atoms with Crippen LogP contribution in [0.25, 0.3) is 0 Å². The van der Waals surface area contributed by atoms with Crippen molar-refractivity contribution in [1.82, 2.24) is 5.32 Å². The van der Waals surface area contributed by atoms with Crippen LogP contribution in [0.15, 0.2) is 0 Å². The van der Waals surface area contributed by atoms with Crippen molar-refractivity contribution in [2.24, 2.45) is 5.92 Å². The molecule has 0 aliphatic carbocycles. The van der Waals surface area contributed by atoms with Gasteiger partial charge in [0.1, 0.15) is 0 Å². The molecule has 0 fully saturated rings. The van der Waals surface area contributed by atoms with Gasteiger partial charge in [0.25, 0.3) is 0 Å². The molecule has 5 heteroatoms. The molecule has 1 N–H and O–H groups in total. The summed E-state index contributed by atoms with van der Waals surface area (Å²) in [6.07, 6.45) is 0. The summed E-state index contributed by atoms with van der Waals surface area (Å²) in [6, 6.07) is 0. The minimum atomic E-state index is -0.456. The van der Waals surface area contributed by atoms with Crippen LogP contribution in [0.3, 0.4) is 0 Å². The van der Waals surface area contributed by atoms with E-state index in [-0.39, 0.29) is 15.8 Å². The topological polar surface area (TPSA) is 55.4 Å². The van der Waals surface area contributed by atoms with E-state index in [4.69, 9.17) is 0 Å². The number of esters is 1. The first kappa shape index (κ1) is 13.7. The third-order valence-corrected chi connectivity index (χ3v) is 3.66. The number of carbonyl (C=O) groups excluding carboxylic acids is 2. The number of nitrogens with one attached hydrogen (secondary N) is 1. The summed E-state index contributed by atoms with van der Waals surface area (Å²) in [5.41, 5.74) is 0. The third kappa shape index (κ3) is 6.17. The van der Waals surface area contributed by atoms with Gasteiger partial charge in [0.05, 0.1) is 0 Å². The second-order valence-corrected chi connectivity index (χ2v) is 7.30. The number of amides is 1. The van der Waals surface area contributed by atoms with Crippen molar-refractivity contribution in [3.05, 3.63) is 0 Å². The Labute approximate surface area is 95.0 Å². The van der Waals surface area contributed by atoms with Crippen molar-refractivity contribution in [2.45, 2.75) is 24.7 Å². The summed E-state index contributed by atoms with van der Waals surface area (Å²) in [4.78, 5) is 22.2. The number of alkyl halides is 1. The van der Waals surface area contributed by atoms with E-state index in [1.54, 1.807) is 6.92 Å². The van der Waals surface area contributed by atoms with Gasteiger partial charge in [0.2, 0.25) is 0 Å². The summed E-state index contributed by atoms with van der Waals surface area (Å²) in [5, 5.41) is 2.74. The molecule has 0 aromatic rings. The monoisotopic (exact) mass is 314 g/mol. The number of rotatable bonds is 5. The average molecular weight is 314 g/mol. The Hall–Kier alpha value is -0.330. The van der Waals surface area contributed by atoms with Gasteiger partial charge in [-0.25, -0.2) is 0 Å². The Kier molecular flexibility index (Phi) is 6.86. The van der Waals surface area contributed by atoms with E-state index in [1.165, 1.54) is 7.11 Å². The molecule has 0 saturated carbocycles. The van der Waals surface area contributed by atoms with E-state index in [9.17, 15) is 9.59 Å². The predicted octanol–water partition coefficient (Wildman–Crippen LogP) is -2.00. The quantitative estimate of drug-likeness (QED) is 0.210. The van der Waals surface area contributed by atoms with E-state index < -0.39 is 21.2 Å². The Balaban J connectivity index is 3.71. The number of methoxy groups -OCH3 is 1. The number of hydrogen-bond donors (Lipinski definition) is 1. The van der Waals surface area contributed by atoms with E-state index in [1.807, 2.05) is 13.8 Å². The molecule has 0 saturated heterocycles. The van der Waals surface area contributed by atoms with Crippen molar-refractivity contribution in [2.75, 3.05) is 13.7 Å². The van der Waals surface area contributed by atoms with Crippen molar-refractivity contribution < 1.29 is 35.5 Å². The molecule has 0 radical (unpaired) electrons. The number of carbonyl (C=O) groups is 2. The number of hydrogen-bond acceptors (Lipinski definition) is 3. The summed E-state index contributed by atoms with van der Waals surface area (Å²) in [5.74, 6) is -0.548. The molecule has 4 nitrogen and oxygen atoms in total. The Morgan fingerprint density at radius 2 is 1.93 bits per heavy atom. The zero-order chi connectivity index (χ0) is 11.1. The van der Waals surface area contributed by atoms with E-state index in [0.717, 1.165) is 0 Å². The fourth-order valence-electron chi connectivity index (χ4n) is 0.755. The number of ether oxygens (including phenoxy) is 1. The van der Waals surface area contributed by atoms with Crippen LogP contribution in [0.1, 0.15) is 20.8 Å². The van der Waals surface area contributed by atoms with Gasteiger partial charge < -0.3 is 0 Å². The third-order valence-electron chi connectivity index (χ3n) is 1.47. The second-order valence-electron chi connectivity index (χ2n) is 3.20. The summed E-state index contributed by atoms with van der Waals surface area (Å²) in [7, 11) is 1.35. The van der Waals surface area contributed by atoms with Gasteiger partial charge in [-0.1, -0.05) is 0 Å². The first-order chi connectivity index (χ1) is 6.47. The number of halogens is 1. The van der Waals surface area contributed by atoms with Crippen LogP contribution in [0.2, 0.25) is 0 Å². The fourth-order valence-corrected chi connectivity index (χ4v) is 2.33. The van der Waals surface area contributed by atoms with Gasteiger partial charge in [-0.2, -0.15) is 0 Å². The minimum absolute atomic E-state index is 0.0922. The molecular formula is C9H17INO3-. The van der Waals surface area contributed by atoms with Crippen molar-refractivity contribution in [1.29, 1.82) is 0 Å². The Morgan fingerprint density at radius 3 is 2.36 bits per heavy atom. The first-order valence-corrected chi connectivity index (χ1v) is 6.78. The molecule has 0 rings (SSSR count). The molecule has 0 aliphatic rings. The van der Waals surface area contributed by atoms with Gasteiger partial charge in [-0.15, -0.1) is 0 Å². The standard InChI is InChI=1S/C9H17INO3/c1-6(2)10-9(13)11-5-7(3)8(12)14-4/h6-7H,5H2,1-4H3,(H,11,13)/q-1/t7-/m1/s1. The van der Waals surface area contributed by atoms with Gasteiger partial charge in [0.15, 0.2) is 0 Å². The molecule has 0 spiro atoms. The molecule has 1 atom stereocenters. The molecule has 0 bridgehead atoms. The van der Waals surface area contributed by atoms with Gasteiger partial charge in [-0.3, -0.25) is 0 Å².